The third kappa shape index (κ3) is 5.05. The number of carbonyl (C=O) groups excluding carboxylic acids is 2. The molecule has 1 atom stereocenters. The zero-order valence-electron chi connectivity index (χ0n) is 17.6. The summed E-state index contributed by atoms with van der Waals surface area (Å²) in [6, 6.07) is 7.46. The number of nitrogens with one attached hydrogen (secondary N) is 2. The van der Waals surface area contributed by atoms with Crippen molar-refractivity contribution in [2.24, 2.45) is 0 Å². The summed E-state index contributed by atoms with van der Waals surface area (Å²) in [6.45, 7) is 1.58. The van der Waals surface area contributed by atoms with E-state index in [-0.39, 0.29) is 36.5 Å². The van der Waals surface area contributed by atoms with Crippen LogP contribution in [0.3, 0.4) is 0 Å². The van der Waals surface area contributed by atoms with Crippen LogP contribution in [0, 0.1) is 18.6 Å². The Morgan fingerprint density at radius 2 is 1.91 bits per heavy atom. The SMILES string of the molecule is Cc1cc(NC(=O)c2ccc(F)c3c2OCC[C@@H]3NC(=O)OCc2ncccn2)ccc1F. The largest absolute Gasteiger partial charge is 0.492 e. The second-order valence-electron chi connectivity index (χ2n) is 7.33. The Morgan fingerprint density at radius 3 is 2.67 bits per heavy atom. The Labute approximate surface area is 188 Å². The number of hydrogen-bond acceptors (Lipinski definition) is 6. The maximum atomic E-state index is 14.7. The van der Waals surface area contributed by atoms with Crippen LogP contribution in [0.2, 0.25) is 0 Å². The zero-order valence-corrected chi connectivity index (χ0v) is 17.6. The molecule has 0 fully saturated rings. The van der Waals surface area contributed by atoms with Crippen LogP contribution >= 0.6 is 0 Å². The number of carbonyl (C=O) groups is 2. The van der Waals surface area contributed by atoms with Crippen molar-refractivity contribution in [2.45, 2.75) is 26.0 Å². The zero-order chi connectivity index (χ0) is 23.4. The monoisotopic (exact) mass is 454 g/mol. The minimum Gasteiger partial charge on any atom is -0.492 e. The summed E-state index contributed by atoms with van der Waals surface area (Å²) in [5.74, 6) is -1.22. The molecular formula is C23H20F2N4O4. The number of amides is 2. The van der Waals surface area contributed by atoms with Crippen LogP contribution in [-0.4, -0.2) is 28.6 Å². The Balaban J connectivity index is 1.51. The molecule has 8 nitrogen and oxygen atoms in total. The first-order valence-corrected chi connectivity index (χ1v) is 10.1. The first kappa shape index (κ1) is 22.1. The van der Waals surface area contributed by atoms with Crippen molar-refractivity contribution in [3.05, 3.63) is 82.9 Å². The van der Waals surface area contributed by atoms with Crippen molar-refractivity contribution in [1.29, 1.82) is 0 Å². The number of anilines is 1. The molecule has 2 amide bonds. The Morgan fingerprint density at radius 1 is 1.15 bits per heavy atom. The third-order valence-electron chi connectivity index (χ3n) is 5.05. The van der Waals surface area contributed by atoms with Crippen LogP contribution in [0.4, 0.5) is 19.3 Å². The number of fused-ring (bicyclic) bond motifs is 1. The minimum absolute atomic E-state index is 0.0364. The lowest BCUT2D eigenvalue weighted by Gasteiger charge is -2.28. The van der Waals surface area contributed by atoms with E-state index in [9.17, 15) is 18.4 Å². The molecule has 0 bridgehead atoms. The maximum Gasteiger partial charge on any atom is 0.408 e. The number of rotatable bonds is 5. The lowest BCUT2D eigenvalue weighted by atomic mass is 9.96. The van der Waals surface area contributed by atoms with Gasteiger partial charge in [0.1, 0.15) is 17.4 Å². The Hall–Kier alpha value is -4.08. The average molecular weight is 454 g/mol. The predicted octanol–water partition coefficient (Wildman–Crippen LogP) is 4.07. The Bertz CT molecular complexity index is 1190. The highest BCUT2D eigenvalue weighted by molar-refractivity contribution is 6.06. The van der Waals surface area contributed by atoms with Gasteiger partial charge >= 0.3 is 6.09 Å². The smallest absolute Gasteiger partial charge is 0.408 e. The molecule has 0 aliphatic carbocycles. The fraction of sp³-hybridized carbons (Fsp3) is 0.217. The highest BCUT2D eigenvalue weighted by Crippen LogP contribution is 2.37. The molecule has 0 saturated heterocycles. The quantitative estimate of drug-likeness (QED) is 0.603. The molecule has 3 aromatic rings. The standard InChI is InChI=1S/C23H20F2N4O4/c1-13-11-14(3-5-16(13)24)28-22(30)15-4-6-17(25)20-18(7-10-32-21(15)20)29-23(31)33-12-19-26-8-2-9-27-19/h2-6,8-9,11,18H,7,10,12H2,1H3,(H,28,30)(H,29,31)/t18-/m0/s1. The molecule has 33 heavy (non-hydrogen) atoms. The summed E-state index contributed by atoms with van der Waals surface area (Å²) in [7, 11) is 0. The molecule has 0 radical (unpaired) electrons. The highest BCUT2D eigenvalue weighted by atomic mass is 19.1. The van der Waals surface area contributed by atoms with E-state index in [0.717, 1.165) is 6.07 Å². The molecule has 2 N–H and O–H groups in total. The number of halogens is 2. The molecule has 170 valence electrons. The molecule has 10 heteroatoms. The lowest BCUT2D eigenvalue weighted by Crippen LogP contribution is -2.34. The molecular weight excluding hydrogens is 434 g/mol. The average Bonchev–Trinajstić information content (AvgIpc) is 2.81. The topological polar surface area (TPSA) is 102 Å². The fourth-order valence-corrected chi connectivity index (χ4v) is 3.44. The van der Waals surface area contributed by atoms with E-state index in [2.05, 4.69) is 20.6 Å². The fourth-order valence-electron chi connectivity index (χ4n) is 3.44. The van der Waals surface area contributed by atoms with Gasteiger partial charge in [-0.25, -0.2) is 23.5 Å². The lowest BCUT2D eigenvalue weighted by molar-refractivity contribution is 0.102. The second kappa shape index (κ2) is 9.60. The number of aryl methyl sites for hydroxylation is 1. The van der Waals surface area contributed by atoms with E-state index < -0.39 is 29.7 Å². The van der Waals surface area contributed by atoms with Gasteiger partial charge in [-0.2, -0.15) is 0 Å². The van der Waals surface area contributed by atoms with Crippen LogP contribution in [0.1, 0.15) is 39.8 Å². The summed E-state index contributed by atoms with van der Waals surface area (Å²) < 4.78 is 38.9. The number of ether oxygens (including phenoxy) is 2. The molecule has 2 aromatic carbocycles. The van der Waals surface area contributed by atoms with Crippen LogP contribution in [0.5, 0.6) is 5.75 Å². The maximum absolute atomic E-state index is 14.7. The highest BCUT2D eigenvalue weighted by Gasteiger charge is 2.31. The van der Waals surface area contributed by atoms with Crippen molar-refractivity contribution in [2.75, 3.05) is 11.9 Å². The molecule has 1 aliphatic rings. The third-order valence-corrected chi connectivity index (χ3v) is 5.05. The summed E-state index contributed by atoms with van der Waals surface area (Å²) in [4.78, 5) is 33.0. The van der Waals surface area contributed by atoms with Gasteiger partial charge in [0.25, 0.3) is 5.91 Å². The van der Waals surface area contributed by atoms with Gasteiger partial charge in [-0.1, -0.05) is 0 Å². The molecule has 1 aliphatic heterocycles. The number of hydrogen-bond donors (Lipinski definition) is 2. The Kier molecular flexibility index (Phi) is 6.43. The summed E-state index contributed by atoms with van der Waals surface area (Å²) >= 11 is 0. The molecule has 0 saturated carbocycles. The number of alkyl carbamates (subject to hydrolysis) is 1. The van der Waals surface area contributed by atoms with Gasteiger partial charge in [-0.15, -0.1) is 0 Å². The van der Waals surface area contributed by atoms with E-state index in [1.165, 1.54) is 36.7 Å². The van der Waals surface area contributed by atoms with Crippen LogP contribution in [0.25, 0.3) is 0 Å². The van der Waals surface area contributed by atoms with Crippen LogP contribution < -0.4 is 15.4 Å². The minimum atomic E-state index is -0.781. The van der Waals surface area contributed by atoms with Crippen LogP contribution in [0.15, 0.2) is 48.8 Å². The first-order valence-electron chi connectivity index (χ1n) is 10.1. The molecule has 1 aromatic heterocycles. The van der Waals surface area contributed by atoms with Crippen LogP contribution in [-0.2, 0) is 11.3 Å². The van der Waals surface area contributed by atoms with E-state index in [1.54, 1.807) is 13.0 Å². The van der Waals surface area contributed by atoms with Crippen molar-refractivity contribution < 1.29 is 27.8 Å². The van der Waals surface area contributed by atoms with E-state index in [0.29, 0.717) is 17.1 Å². The van der Waals surface area contributed by atoms with Gasteiger partial charge in [-0.3, -0.25) is 4.79 Å². The van der Waals surface area contributed by atoms with Gasteiger partial charge in [0, 0.05) is 24.5 Å². The van der Waals surface area contributed by atoms with Crippen molar-refractivity contribution >= 4 is 17.7 Å². The first-order chi connectivity index (χ1) is 15.9. The predicted molar refractivity (Wildman–Crippen MR) is 114 cm³/mol. The van der Waals surface area contributed by atoms with Gasteiger partial charge in [-0.05, 0) is 48.9 Å². The van der Waals surface area contributed by atoms with Gasteiger partial charge < -0.3 is 20.1 Å². The normalized spacial score (nSPS) is 14.6. The van der Waals surface area contributed by atoms with Crippen molar-refractivity contribution in [1.82, 2.24) is 15.3 Å². The molecule has 0 unspecified atom stereocenters. The summed E-state index contributed by atoms with van der Waals surface area (Å²) in [6.07, 6.45) is 2.54. The number of nitrogens with zero attached hydrogens (tertiary/aromatic N) is 2. The van der Waals surface area contributed by atoms with E-state index in [1.807, 2.05) is 0 Å². The molecule has 2 heterocycles. The van der Waals surface area contributed by atoms with Crippen molar-refractivity contribution in [3.8, 4) is 5.75 Å². The summed E-state index contributed by atoms with van der Waals surface area (Å²) in [5, 5.41) is 5.26. The molecule has 4 rings (SSSR count). The van der Waals surface area contributed by atoms with Gasteiger partial charge in [0.05, 0.1) is 23.8 Å². The van der Waals surface area contributed by atoms with Crippen molar-refractivity contribution in [3.63, 3.8) is 0 Å². The van der Waals surface area contributed by atoms with Gasteiger partial charge in [0.15, 0.2) is 12.4 Å². The number of aromatic nitrogens is 2. The molecule has 0 spiro atoms. The summed E-state index contributed by atoms with van der Waals surface area (Å²) in [5.41, 5.74) is 0.895. The van der Waals surface area contributed by atoms with E-state index >= 15 is 0 Å². The van der Waals surface area contributed by atoms with E-state index in [4.69, 9.17) is 9.47 Å². The second-order valence-corrected chi connectivity index (χ2v) is 7.33. The van der Waals surface area contributed by atoms with Gasteiger partial charge in [0.2, 0.25) is 0 Å². The number of benzene rings is 2.